The summed E-state index contributed by atoms with van der Waals surface area (Å²) >= 11 is 0. The smallest absolute Gasteiger partial charge is 0.205 e. The number of aromatic nitrogens is 1. The van der Waals surface area contributed by atoms with Gasteiger partial charge in [-0.15, -0.1) is 0 Å². The lowest BCUT2D eigenvalue weighted by Crippen LogP contribution is -2.12. The van der Waals surface area contributed by atoms with Crippen molar-refractivity contribution < 1.29 is 20.4 Å². The highest BCUT2D eigenvalue weighted by molar-refractivity contribution is 6.14. The summed E-state index contributed by atoms with van der Waals surface area (Å²) in [7, 11) is 0. The van der Waals surface area contributed by atoms with E-state index < -0.39 is 23.0 Å². The van der Waals surface area contributed by atoms with Gasteiger partial charge in [0.15, 0.2) is 17.3 Å². The minimum Gasteiger partial charge on any atom is -0.504 e. The summed E-state index contributed by atoms with van der Waals surface area (Å²) in [4.78, 5) is 10.0. The zero-order valence-corrected chi connectivity index (χ0v) is 32.1. The van der Waals surface area contributed by atoms with Gasteiger partial charge in [-0.2, -0.15) is 0 Å². The fraction of sp³-hybridized carbons (Fsp3) is 0.200. The molecule has 10 rings (SSSR count). The summed E-state index contributed by atoms with van der Waals surface area (Å²) in [6.07, 6.45) is 20.1. The second-order valence-corrected chi connectivity index (χ2v) is 15.8. The number of aliphatic imine (C=N–C) groups is 2. The van der Waals surface area contributed by atoms with Gasteiger partial charge in [-0.1, -0.05) is 73.3 Å². The van der Waals surface area contributed by atoms with Crippen LogP contribution in [0.2, 0.25) is 0 Å². The maximum atomic E-state index is 11.3. The molecule has 1 aromatic heterocycles. The molecule has 0 bridgehead atoms. The first kappa shape index (κ1) is 34.9. The van der Waals surface area contributed by atoms with Crippen molar-refractivity contribution in [3.63, 3.8) is 0 Å². The van der Waals surface area contributed by atoms with Crippen LogP contribution in [0.4, 0.5) is 0 Å². The largest absolute Gasteiger partial charge is 0.504 e. The van der Waals surface area contributed by atoms with Crippen molar-refractivity contribution in [1.29, 1.82) is 0 Å². The summed E-state index contributed by atoms with van der Waals surface area (Å²) in [6.45, 7) is 7.93. The van der Waals surface area contributed by atoms with Crippen LogP contribution >= 0.6 is 0 Å². The Hall–Kier alpha value is -6.60. The Bertz CT molecular complexity index is 2740. The van der Waals surface area contributed by atoms with Gasteiger partial charge in [0.05, 0.1) is 5.56 Å². The van der Waals surface area contributed by atoms with Gasteiger partial charge in [0.25, 0.3) is 0 Å². The molecule has 4 N–H and O–H groups in total. The normalized spacial score (nSPS) is 17.6. The van der Waals surface area contributed by atoms with E-state index in [9.17, 15) is 20.4 Å². The SMILES string of the molecule is C=C(/N=C(\N=C(/C)c1ccc2c(c1)Cc1ccccc1-2)c1c(C)c(O)c(O)c(O)c1O)C1CC=CC2=C1Cc1cc(-n3c4c(c5c3C=CCC5)CCC=C4)ccc12. The van der Waals surface area contributed by atoms with Crippen LogP contribution in [-0.4, -0.2) is 36.5 Å². The van der Waals surface area contributed by atoms with Gasteiger partial charge in [-0.25, -0.2) is 9.98 Å². The third-order valence-corrected chi connectivity index (χ3v) is 12.6. The third kappa shape index (κ3) is 5.47. The summed E-state index contributed by atoms with van der Waals surface area (Å²) in [5.74, 6) is -2.86. The van der Waals surface area contributed by atoms with E-state index in [0.29, 0.717) is 17.8 Å². The number of fused-ring (bicyclic) bond motifs is 8. The molecule has 7 nitrogen and oxygen atoms in total. The Balaban J connectivity index is 1.02. The Morgan fingerprint density at radius 2 is 1.39 bits per heavy atom. The first-order valence-corrected chi connectivity index (χ1v) is 19.8. The molecule has 282 valence electrons. The van der Waals surface area contributed by atoms with Crippen LogP contribution in [0.5, 0.6) is 23.0 Å². The number of benzene rings is 4. The van der Waals surface area contributed by atoms with Gasteiger partial charge < -0.3 is 25.0 Å². The average Bonchev–Trinajstić information content (AvgIpc) is 3.91. The molecule has 4 aromatic carbocycles. The number of rotatable bonds is 5. The number of phenols is 4. The topological polar surface area (TPSA) is 111 Å². The molecule has 0 aliphatic heterocycles. The van der Waals surface area contributed by atoms with Crippen LogP contribution in [-0.2, 0) is 25.7 Å². The van der Waals surface area contributed by atoms with Gasteiger partial charge >= 0.3 is 0 Å². The van der Waals surface area contributed by atoms with Gasteiger partial charge in [0.2, 0.25) is 11.5 Å². The number of phenolic OH excluding ortho intramolecular Hbond substituents is 4. The van der Waals surface area contributed by atoms with Crippen LogP contribution in [0.3, 0.4) is 0 Å². The molecule has 0 fully saturated rings. The maximum absolute atomic E-state index is 11.3. The minimum atomic E-state index is -0.835. The molecule has 0 saturated heterocycles. The van der Waals surface area contributed by atoms with Gasteiger partial charge in [-0.05, 0) is 150 Å². The highest BCUT2D eigenvalue weighted by Crippen LogP contribution is 2.49. The predicted molar refractivity (Wildman–Crippen MR) is 229 cm³/mol. The van der Waals surface area contributed by atoms with E-state index in [1.54, 1.807) is 6.92 Å². The number of allylic oxidation sites excluding steroid dienone is 6. The Kier molecular flexibility index (Phi) is 8.11. The van der Waals surface area contributed by atoms with Crippen LogP contribution < -0.4 is 0 Å². The molecule has 0 spiro atoms. The Morgan fingerprint density at radius 3 is 2.16 bits per heavy atom. The Labute approximate surface area is 332 Å². The van der Waals surface area contributed by atoms with Crippen LogP contribution in [0.25, 0.3) is 34.5 Å². The number of hydrogen-bond donors (Lipinski definition) is 4. The zero-order valence-electron chi connectivity index (χ0n) is 32.1. The van der Waals surface area contributed by atoms with Crippen molar-refractivity contribution in [2.24, 2.45) is 15.9 Å². The quantitative estimate of drug-likeness (QED) is 0.0609. The molecule has 7 heteroatoms. The van der Waals surface area contributed by atoms with E-state index in [-0.39, 0.29) is 22.9 Å². The molecule has 5 aliphatic carbocycles. The Morgan fingerprint density at radius 1 is 0.702 bits per heavy atom. The molecule has 0 amide bonds. The summed E-state index contributed by atoms with van der Waals surface area (Å²) < 4.78 is 2.44. The standard InChI is InChI=1S/C50H43N3O4/c1-27-45(47(55)49(57)48(56)46(27)54)50(51-28(2)30-19-21-37-32(23-30)24-31-11-4-5-12-36(31)37)52-29(3)35-15-10-16-39-38-22-20-34(25-33(38)26-42(35)39)53-43-17-8-6-13-40(43)41-14-7-9-18-44(41)53/h4-5,8-12,16-23,25,35,54-57H,3,6-7,13-15,24,26H2,1-2H3/b51-28+,52-50-. The van der Waals surface area contributed by atoms with Crippen molar-refractivity contribution in [3.8, 4) is 39.8 Å². The van der Waals surface area contributed by atoms with Crippen LogP contribution in [0.15, 0.2) is 113 Å². The fourth-order valence-electron chi connectivity index (χ4n) is 9.69. The maximum Gasteiger partial charge on any atom is 0.205 e. The van der Waals surface area contributed by atoms with Gasteiger partial charge in [-0.3, -0.25) is 0 Å². The van der Waals surface area contributed by atoms with Crippen molar-refractivity contribution in [3.05, 3.63) is 164 Å². The molecule has 57 heavy (non-hydrogen) atoms. The summed E-state index contributed by atoms with van der Waals surface area (Å²) in [5, 5.41) is 43.2. The molecule has 0 radical (unpaired) electrons. The van der Waals surface area contributed by atoms with E-state index >= 15 is 0 Å². The number of hydrogen-bond acceptors (Lipinski definition) is 5. The lowest BCUT2D eigenvalue weighted by Gasteiger charge is -2.22. The second-order valence-electron chi connectivity index (χ2n) is 15.8. The number of aromatic hydroxyl groups is 4. The first-order valence-electron chi connectivity index (χ1n) is 19.8. The fourth-order valence-corrected chi connectivity index (χ4v) is 9.69. The monoisotopic (exact) mass is 749 g/mol. The summed E-state index contributed by atoms with van der Waals surface area (Å²) in [6, 6.07) is 21.5. The van der Waals surface area contributed by atoms with E-state index in [4.69, 9.17) is 9.98 Å². The van der Waals surface area contributed by atoms with Gasteiger partial charge in [0, 0.05) is 40.0 Å². The zero-order chi connectivity index (χ0) is 39.1. The molecule has 1 unspecified atom stereocenters. The van der Waals surface area contributed by atoms with Crippen LogP contribution in [0, 0.1) is 12.8 Å². The van der Waals surface area contributed by atoms with Crippen LogP contribution in [0.1, 0.15) is 87.6 Å². The first-order chi connectivity index (χ1) is 27.7. The number of amidine groups is 1. The van der Waals surface area contributed by atoms with Crippen molar-refractivity contribution in [2.45, 2.75) is 58.8 Å². The van der Waals surface area contributed by atoms with Crippen molar-refractivity contribution >= 4 is 29.3 Å². The lowest BCUT2D eigenvalue weighted by atomic mass is 9.85. The van der Waals surface area contributed by atoms with E-state index in [2.05, 4.69) is 102 Å². The van der Waals surface area contributed by atoms with Gasteiger partial charge in [0.1, 0.15) is 0 Å². The molecule has 5 aliphatic rings. The molecule has 0 saturated carbocycles. The molecular weight excluding hydrogens is 707 g/mol. The molecule has 1 heterocycles. The van der Waals surface area contributed by atoms with E-state index in [1.165, 1.54) is 72.7 Å². The number of nitrogens with zero attached hydrogens (tertiary/aromatic N) is 3. The third-order valence-electron chi connectivity index (χ3n) is 12.6. The minimum absolute atomic E-state index is 0.0262. The average molecular weight is 750 g/mol. The predicted octanol–water partition coefficient (Wildman–Crippen LogP) is 10.5. The second kappa shape index (κ2) is 13.3. The van der Waals surface area contributed by atoms with E-state index in [0.717, 1.165) is 44.1 Å². The molecule has 5 aromatic rings. The lowest BCUT2D eigenvalue weighted by molar-refractivity contribution is 0.344. The van der Waals surface area contributed by atoms with Crippen molar-refractivity contribution in [2.75, 3.05) is 0 Å². The molecule has 1 atom stereocenters. The molecular formula is C50H43N3O4. The highest BCUT2D eigenvalue weighted by atomic mass is 16.3. The van der Waals surface area contributed by atoms with E-state index in [1.807, 2.05) is 13.0 Å². The van der Waals surface area contributed by atoms with Crippen molar-refractivity contribution in [1.82, 2.24) is 4.57 Å². The highest BCUT2D eigenvalue weighted by Gasteiger charge is 2.32. The summed E-state index contributed by atoms with van der Waals surface area (Å²) in [5.41, 5.74) is 18.8.